The molecular weight excluding hydrogens is 360 g/mol. The molecule has 4 rings (SSSR count). The fourth-order valence-electron chi connectivity index (χ4n) is 3.51. The first-order valence-electron chi connectivity index (χ1n) is 9.70. The largest absolute Gasteiger partial charge is 0.331 e. The quantitative estimate of drug-likeness (QED) is 0.530. The summed E-state index contributed by atoms with van der Waals surface area (Å²) in [4.78, 5) is 14.4. The molecule has 0 aliphatic carbocycles. The second-order valence-electron chi connectivity index (χ2n) is 7.22. The van der Waals surface area contributed by atoms with E-state index in [1.807, 2.05) is 66.3 Å². The first-order chi connectivity index (χ1) is 14.1. The number of nitrogens with zero attached hydrogens (tertiary/aromatic N) is 3. The van der Waals surface area contributed by atoms with E-state index in [0.29, 0.717) is 6.54 Å². The van der Waals surface area contributed by atoms with Crippen molar-refractivity contribution < 1.29 is 4.79 Å². The normalized spacial score (nSPS) is 11.9. The highest BCUT2D eigenvalue weighted by atomic mass is 16.2. The van der Waals surface area contributed by atoms with Gasteiger partial charge in [-0.1, -0.05) is 60.7 Å². The number of hydrogen-bond acceptors (Lipinski definition) is 2. The zero-order valence-corrected chi connectivity index (χ0v) is 16.6. The molecule has 1 unspecified atom stereocenters. The van der Waals surface area contributed by atoms with Gasteiger partial charge in [0, 0.05) is 18.8 Å². The Morgan fingerprint density at radius 3 is 2.59 bits per heavy atom. The number of fused-ring (bicyclic) bond motifs is 1. The summed E-state index contributed by atoms with van der Waals surface area (Å²) in [5.41, 5.74) is 3.08. The lowest BCUT2D eigenvalue weighted by molar-refractivity contribution is 0.203. The molecule has 3 aromatic carbocycles. The van der Waals surface area contributed by atoms with Gasteiger partial charge in [0.15, 0.2) is 0 Å². The molecule has 5 heteroatoms. The second kappa shape index (κ2) is 8.19. The maximum Gasteiger partial charge on any atom is 0.317 e. The van der Waals surface area contributed by atoms with Crippen LogP contribution in [0, 0.1) is 0 Å². The van der Waals surface area contributed by atoms with Crippen LogP contribution in [0.15, 0.2) is 85.2 Å². The summed E-state index contributed by atoms with van der Waals surface area (Å²) in [6.45, 7) is 2.50. The number of aromatic nitrogens is 2. The first kappa shape index (κ1) is 18.7. The molecule has 0 radical (unpaired) electrons. The summed E-state index contributed by atoms with van der Waals surface area (Å²) >= 11 is 0. The Morgan fingerprint density at radius 2 is 1.76 bits per heavy atom. The number of urea groups is 1. The molecule has 29 heavy (non-hydrogen) atoms. The summed E-state index contributed by atoms with van der Waals surface area (Å²) in [7, 11) is 1.80. The molecule has 0 bridgehead atoms. The van der Waals surface area contributed by atoms with Gasteiger partial charge in [-0.2, -0.15) is 5.10 Å². The predicted molar refractivity (Wildman–Crippen MR) is 116 cm³/mol. The third-order valence-electron chi connectivity index (χ3n) is 5.05. The number of rotatable bonds is 5. The monoisotopic (exact) mass is 384 g/mol. The minimum absolute atomic E-state index is 0.0944. The van der Waals surface area contributed by atoms with E-state index in [-0.39, 0.29) is 12.1 Å². The van der Waals surface area contributed by atoms with Crippen LogP contribution in [0.1, 0.15) is 24.1 Å². The summed E-state index contributed by atoms with van der Waals surface area (Å²) in [5.74, 6) is 0. The van der Waals surface area contributed by atoms with Crippen molar-refractivity contribution in [1.82, 2.24) is 20.0 Å². The lowest BCUT2D eigenvalue weighted by Gasteiger charge is -2.22. The minimum Gasteiger partial charge on any atom is -0.331 e. The summed E-state index contributed by atoms with van der Waals surface area (Å²) < 4.78 is 1.82. The Labute approximate surface area is 170 Å². The molecule has 1 N–H and O–H groups in total. The highest BCUT2D eigenvalue weighted by Gasteiger charge is 2.16. The van der Waals surface area contributed by atoms with Crippen LogP contribution >= 0.6 is 0 Å². The van der Waals surface area contributed by atoms with Crippen molar-refractivity contribution in [2.75, 3.05) is 7.05 Å². The molecule has 1 aromatic heterocycles. The molecule has 4 aromatic rings. The lowest BCUT2D eigenvalue weighted by atomic mass is 10.00. The van der Waals surface area contributed by atoms with E-state index in [9.17, 15) is 4.79 Å². The predicted octanol–water partition coefficient (Wildman–Crippen LogP) is 4.93. The first-order valence-corrected chi connectivity index (χ1v) is 9.70. The second-order valence-corrected chi connectivity index (χ2v) is 7.22. The molecule has 0 aliphatic rings. The van der Waals surface area contributed by atoms with Gasteiger partial charge in [0.05, 0.1) is 24.5 Å². The summed E-state index contributed by atoms with van der Waals surface area (Å²) in [5, 5.41) is 9.84. The maximum atomic E-state index is 12.7. The number of amides is 2. The molecule has 1 atom stereocenters. The van der Waals surface area contributed by atoms with Gasteiger partial charge < -0.3 is 10.2 Å². The number of hydrogen-bond donors (Lipinski definition) is 1. The Morgan fingerprint density at radius 1 is 1.03 bits per heavy atom. The minimum atomic E-state index is -0.113. The van der Waals surface area contributed by atoms with Gasteiger partial charge in [0.1, 0.15) is 0 Å². The van der Waals surface area contributed by atoms with Crippen LogP contribution < -0.4 is 5.32 Å². The molecular formula is C24H24N4O. The molecule has 1 heterocycles. The van der Waals surface area contributed by atoms with Crippen LogP contribution in [0.25, 0.3) is 16.5 Å². The molecule has 0 fully saturated rings. The number of benzene rings is 3. The van der Waals surface area contributed by atoms with Crippen molar-refractivity contribution in [2.24, 2.45) is 0 Å². The van der Waals surface area contributed by atoms with Crippen LogP contribution in [-0.2, 0) is 6.54 Å². The van der Waals surface area contributed by atoms with Crippen LogP contribution in [0.2, 0.25) is 0 Å². The van der Waals surface area contributed by atoms with E-state index in [1.54, 1.807) is 18.1 Å². The highest BCUT2D eigenvalue weighted by Crippen LogP contribution is 2.24. The molecule has 2 amide bonds. The number of carbonyl (C=O) groups is 1. The van der Waals surface area contributed by atoms with Gasteiger partial charge in [-0.25, -0.2) is 9.48 Å². The van der Waals surface area contributed by atoms with Crippen LogP contribution in [-0.4, -0.2) is 27.8 Å². The van der Waals surface area contributed by atoms with Crippen LogP contribution in [0.5, 0.6) is 0 Å². The summed E-state index contributed by atoms with van der Waals surface area (Å²) in [6.07, 6.45) is 3.75. The number of carbonyl (C=O) groups excluding carboxylic acids is 1. The van der Waals surface area contributed by atoms with Crippen LogP contribution in [0.3, 0.4) is 0 Å². The number of para-hydroxylation sites is 1. The topological polar surface area (TPSA) is 50.2 Å². The highest BCUT2D eigenvalue weighted by molar-refractivity contribution is 5.86. The zero-order valence-electron chi connectivity index (χ0n) is 16.6. The fraction of sp³-hybridized carbons (Fsp3) is 0.167. The third kappa shape index (κ3) is 4.14. The van der Waals surface area contributed by atoms with Crippen molar-refractivity contribution in [3.8, 4) is 5.69 Å². The molecule has 0 saturated carbocycles. The average molecular weight is 384 g/mol. The van der Waals surface area contributed by atoms with Crippen molar-refractivity contribution >= 4 is 16.8 Å². The molecule has 5 nitrogen and oxygen atoms in total. The standard InChI is InChI=1S/C24H24N4O/c1-18(22-14-8-10-20-9-6-7-13-23(20)22)26-24(29)27(2)16-19-15-25-28(17-19)21-11-4-3-5-12-21/h3-15,17-18H,16H2,1-2H3,(H,26,29). The molecule has 0 spiro atoms. The van der Waals surface area contributed by atoms with Gasteiger partial charge in [-0.3, -0.25) is 0 Å². The Bertz CT molecular complexity index is 1110. The van der Waals surface area contributed by atoms with Crippen LogP contribution in [0.4, 0.5) is 4.79 Å². The smallest absolute Gasteiger partial charge is 0.317 e. The van der Waals surface area contributed by atoms with Crippen molar-refractivity contribution in [1.29, 1.82) is 0 Å². The van der Waals surface area contributed by atoms with Gasteiger partial charge in [-0.15, -0.1) is 0 Å². The lowest BCUT2D eigenvalue weighted by Crippen LogP contribution is -2.38. The Balaban J connectivity index is 1.42. The van der Waals surface area contributed by atoms with Crippen molar-refractivity contribution in [3.05, 3.63) is 96.3 Å². The van der Waals surface area contributed by atoms with E-state index in [4.69, 9.17) is 0 Å². The van der Waals surface area contributed by atoms with Crippen molar-refractivity contribution in [3.63, 3.8) is 0 Å². The average Bonchev–Trinajstić information content (AvgIpc) is 3.22. The SMILES string of the molecule is CC(NC(=O)N(C)Cc1cnn(-c2ccccc2)c1)c1cccc2ccccc12. The molecule has 0 aliphatic heterocycles. The van der Waals surface area contributed by atoms with E-state index < -0.39 is 0 Å². The van der Waals surface area contributed by atoms with Gasteiger partial charge >= 0.3 is 6.03 Å². The Hall–Kier alpha value is -3.60. The van der Waals surface area contributed by atoms with E-state index >= 15 is 0 Å². The van der Waals surface area contributed by atoms with E-state index in [0.717, 1.165) is 22.2 Å². The maximum absolute atomic E-state index is 12.7. The van der Waals surface area contributed by atoms with Gasteiger partial charge in [0.2, 0.25) is 0 Å². The van der Waals surface area contributed by atoms with E-state index in [1.165, 1.54) is 5.39 Å². The van der Waals surface area contributed by atoms with Gasteiger partial charge in [-0.05, 0) is 35.4 Å². The van der Waals surface area contributed by atoms with E-state index in [2.05, 4.69) is 34.7 Å². The fourth-order valence-corrected chi connectivity index (χ4v) is 3.51. The molecule has 146 valence electrons. The Kier molecular flexibility index (Phi) is 5.29. The van der Waals surface area contributed by atoms with Gasteiger partial charge in [0.25, 0.3) is 0 Å². The summed E-state index contributed by atoms with van der Waals surface area (Å²) in [6, 6.07) is 24.1. The number of nitrogens with one attached hydrogen (secondary N) is 1. The van der Waals surface area contributed by atoms with Crippen molar-refractivity contribution in [2.45, 2.75) is 19.5 Å². The zero-order chi connectivity index (χ0) is 20.2. The molecule has 0 saturated heterocycles. The third-order valence-corrected chi connectivity index (χ3v) is 5.05.